The lowest BCUT2D eigenvalue weighted by Crippen LogP contribution is -2.44. The maximum Gasteiger partial charge on any atom is 0.157 e. The van der Waals surface area contributed by atoms with Crippen LogP contribution in [0.1, 0.15) is 0 Å². The van der Waals surface area contributed by atoms with Crippen molar-refractivity contribution >= 4 is 16.9 Å². The molecule has 2 aromatic heterocycles. The van der Waals surface area contributed by atoms with E-state index in [4.69, 9.17) is 0 Å². The number of likely N-dealkylation sites (N-methyl/N-ethyl adjacent to an activating group) is 1. The van der Waals surface area contributed by atoms with Crippen LogP contribution < -0.4 is 4.90 Å². The van der Waals surface area contributed by atoms with Gasteiger partial charge in [-0.15, -0.1) is 0 Å². The van der Waals surface area contributed by atoms with Crippen molar-refractivity contribution in [1.29, 1.82) is 0 Å². The number of imidazole rings is 1. The van der Waals surface area contributed by atoms with Crippen LogP contribution in [0.15, 0.2) is 18.6 Å². The largest absolute Gasteiger partial charge is 0.368 e. The Bertz CT molecular complexity index is 484. The lowest BCUT2D eigenvalue weighted by molar-refractivity contribution is 0.313. The molecule has 2 aromatic rings. The molecule has 1 fully saturated rings. The van der Waals surface area contributed by atoms with Crippen molar-refractivity contribution in [3.05, 3.63) is 18.6 Å². The maximum atomic E-state index is 4.36. The van der Waals surface area contributed by atoms with Crippen LogP contribution in [-0.2, 0) is 0 Å². The first-order valence-corrected chi connectivity index (χ1v) is 5.55. The van der Waals surface area contributed by atoms with Crippen molar-refractivity contribution in [2.24, 2.45) is 0 Å². The molecule has 0 amide bonds. The molecule has 0 atom stereocenters. The normalized spacial score (nSPS) is 18.2. The summed E-state index contributed by atoms with van der Waals surface area (Å²) in [6.07, 6.45) is 3.61. The minimum absolute atomic E-state index is 0.859. The molecule has 1 aliphatic rings. The molecule has 0 bridgehead atoms. The number of piperazine rings is 1. The average molecular weight is 217 g/mol. The second-order valence-corrected chi connectivity index (χ2v) is 4.25. The summed E-state index contributed by atoms with van der Waals surface area (Å²) in [5, 5.41) is 0. The molecule has 0 aliphatic carbocycles. The smallest absolute Gasteiger partial charge is 0.157 e. The Morgan fingerprint density at radius 3 is 2.81 bits per heavy atom. The second-order valence-electron chi connectivity index (χ2n) is 4.25. The van der Waals surface area contributed by atoms with Gasteiger partial charge in [0, 0.05) is 26.2 Å². The number of rotatable bonds is 1. The van der Waals surface area contributed by atoms with Crippen molar-refractivity contribution in [2.45, 2.75) is 0 Å². The van der Waals surface area contributed by atoms with E-state index in [1.807, 2.05) is 6.20 Å². The van der Waals surface area contributed by atoms with Gasteiger partial charge < -0.3 is 14.8 Å². The number of fused-ring (bicyclic) bond motifs is 1. The Labute approximate surface area is 94.1 Å². The Morgan fingerprint density at radius 1 is 1.19 bits per heavy atom. The third kappa shape index (κ3) is 1.63. The monoisotopic (exact) mass is 217 g/mol. The average Bonchev–Trinajstić information content (AvgIpc) is 2.77. The van der Waals surface area contributed by atoms with Crippen molar-refractivity contribution < 1.29 is 0 Å². The van der Waals surface area contributed by atoms with Gasteiger partial charge in [-0.1, -0.05) is 0 Å². The molecular formula is C11H15N5. The number of hydrogen-bond acceptors (Lipinski definition) is 4. The molecule has 16 heavy (non-hydrogen) atoms. The number of pyridine rings is 1. The van der Waals surface area contributed by atoms with Crippen LogP contribution in [0.5, 0.6) is 0 Å². The molecule has 1 N–H and O–H groups in total. The predicted molar refractivity (Wildman–Crippen MR) is 63.6 cm³/mol. The number of nitrogens with one attached hydrogen (secondary N) is 1. The number of aromatic amines is 1. The topological polar surface area (TPSA) is 48.0 Å². The quantitative estimate of drug-likeness (QED) is 0.764. The summed E-state index contributed by atoms with van der Waals surface area (Å²) in [5.74, 6) is 0. The van der Waals surface area contributed by atoms with Crippen molar-refractivity contribution in [3.63, 3.8) is 0 Å². The van der Waals surface area contributed by atoms with Gasteiger partial charge in [0.25, 0.3) is 0 Å². The lowest BCUT2D eigenvalue weighted by Gasteiger charge is -2.33. The van der Waals surface area contributed by atoms with Gasteiger partial charge in [-0.2, -0.15) is 0 Å². The molecule has 0 unspecified atom stereocenters. The number of H-pyrrole nitrogens is 1. The van der Waals surface area contributed by atoms with Crippen LogP contribution in [0.25, 0.3) is 11.2 Å². The van der Waals surface area contributed by atoms with E-state index in [-0.39, 0.29) is 0 Å². The minimum atomic E-state index is 0.859. The van der Waals surface area contributed by atoms with Gasteiger partial charge in [-0.05, 0) is 13.1 Å². The molecule has 0 aromatic carbocycles. The number of aromatic nitrogens is 3. The fourth-order valence-electron chi connectivity index (χ4n) is 2.05. The van der Waals surface area contributed by atoms with Gasteiger partial charge in [0.05, 0.1) is 18.2 Å². The SMILES string of the molecule is CN1CCN(c2cnc3[nH]cnc3c2)CC1. The summed E-state index contributed by atoms with van der Waals surface area (Å²) < 4.78 is 0. The summed E-state index contributed by atoms with van der Waals surface area (Å²) in [6.45, 7) is 4.35. The molecule has 1 aliphatic heterocycles. The van der Waals surface area contributed by atoms with E-state index in [0.29, 0.717) is 0 Å². The van der Waals surface area contributed by atoms with Gasteiger partial charge in [-0.25, -0.2) is 9.97 Å². The van der Waals surface area contributed by atoms with Crippen molar-refractivity contribution in [3.8, 4) is 0 Å². The van der Waals surface area contributed by atoms with Crippen molar-refractivity contribution in [1.82, 2.24) is 19.9 Å². The molecule has 5 heteroatoms. The fraction of sp³-hybridized carbons (Fsp3) is 0.455. The van der Waals surface area contributed by atoms with E-state index in [1.54, 1.807) is 6.33 Å². The van der Waals surface area contributed by atoms with Crippen LogP contribution >= 0.6 is 0 Å². The molecule has 0 saturated carbocycles. The molecule has 1 saturated heterocycles. The third-order valence-corrected chi connectivity index (χ3v) is 3.13. The van der Waals surface area contributed by atoms with Gasteiger partial charge in [-0.3, -0.25) is 0 Å². The highest BCUT2D eigenvalue weighted by Crippen LogP contribution is 2.18. The molecule has 5 nitrogen and oxygen atoms in total. The molecule has 0 radical (unpaired) electrons. The number of hydrogen-bond donors (Lipinski definition) is 1. The minimum Gasteiger partial charge on any atom is -0.368 e. The van der Waals surface area contributed by atoms with E-state index in [0.717, 1.165) is 37.3 Å². The van der Waals surface area contributed by atoms with E-state index >= 15 is 0 Å². The van der Waals surface area contributed by atoms with Crippen LogP contribution in [0.4, 0.5) is 5.69 Å². The zero-order valence-electron chi connectivity index (χ0n) is 9.35. The highest BCUT2D eigenvalue weighted by Gasteiger charge is 2.14. The zero-order chi connectivity index (χ0) is 11.0. The second kappa shape index (κ2) is 3.75. The van der Waals surface area contributed by atoms with Gasteiger partial charge >= 0.3 is 0 Å². The molecular weight excluding hydrogens is 202 g/mol. The van der Waals surface area contributed by atoms with E-state index in [9.17, 15) is 0 Å². The standard InChI is InChI=1S/C11H15N5/c1-15-2-4-16(5-3-15)9-6-10-11(12-7-9)14-8-13-10/h6-8H,2-5H2,1H3,(H,12,13,14). The van der Waals surface area contributed by atoms with E-state index in [1.165, 1.54) is 5.69 Å². The number of nitrogens with zero attached hydrogens (tertiary/aromatic N) is 4. The maximum absolute atomic E-state index is 4.36. The Hall–Kier alpha value is -1.62. The predicted octanol–water partition coefficient (Wildman–Crippen LogP) is 0.710. The zero-order valence-corrected chi connectivity index (χ0v) is 9.35. The summed E-state index contributed by atoms with van der Waals surface area (Å²) >= 11 is 0. The molecule has 0 spiro atoms. The molecule has 3 rings (SSSR count). The molecule has 84 valence electrons. The Kier molecular flexibility index (Phi) is 2.25. The first kappa shape index (κ1) is 9.59. The van der Waals surface area contributed by atoms with Gasteiger partial charge in [0.15, 0.2) is 5.65 Å². The first-order chi connectivity index (χ1) is 7.83. The fourth-order valence-corrected chi connectivity index (χ4v) is 2.05. The summed E-state index contributed by atoms with van der Waals surface area (Å²) in [4.78, 5) is 16.3. The van der Waals surface area contributed by atoms with Crippen LogP contribution in [-0.4, -0.2) is 53.1 Å². The summed E-state index contributed by atoms with van der Waals surface area (Å²) in [6, 6.07) is 2.10. The lowest BCUT2D eigenvalue weighted by atomic mass is 10.3. The summed E-state index contributed by atoms with van der Waals surface area (Å²) in [5.41, 5.74) is 2.97. The van der Waals surface area contributed by atoms with Crippen LogP contribution in [0.3, 0.4) is 0 Å². The summed E-state index contributed by atoms with van der Waals surface area (Å²) in [7, 11) is 2.16. The third-order valence-electron chi connectivity index (χ3n) is 3.13. The Morgan fingerprint density at radius 2 is 2.00 bits per heavy atom. The highest BCUT2D eigenvalue weighted by molar-refractivity contribution is 5.74. The first-order valence-electron chi connectivity index (χ1n) is 5.55. The van der Waals surface area contributed by atoms with Gasteiger partial charge in [0.1, 0.15) is 5.52 Å². The van der Waals surface area contributed by atoms with Crippen LogP contribution in [0, 0.1) is 0 Å². The van der Waals surface area contributed by atoms with Crippen molar-refractivity contribution in [2.75, 3.05) is 38.1 Å². The molecule has 3 heterocycles. The van der Waals surface area contributed by atoms with Gasteiger partial charge in [0.2, 0.25) is 0 Å². The van der Waals surface area contributed by atoms with E-state index < -0.39 is 0 Å². The number of anilines is 1. The van der Waals surface area contributed by atoms with E-state index in [2.05, 4.69) is 37.9 Å². The Balaban J connectivity index is 1.87. The van der Waals surface area contributed by atoms with Crippen LogP contribution in [0.2, 0.25) is 0 Å². The highest BCUT2D eigenvalue weighted by atomic mass is 15.2.